The predicted molar refractivity (Wildman–Crippen MR) is 102 cm³/mol. The van der Waals surface area contributed by atoms with Gasteiger partial charge in [-0.15, -0.1) is 0 Å². The number of para-hydroxylation sites is 1. The van der Waals surface area contributed by atoms with E-state index in [1.165, 1.54) is 12.3 Å². The Morgan fingerprint density at radius 2 is 1.79 bits per heavy atom. The molecule has 0 bridgehead atoms. The van der Waals surface area contributed by atoms with E-state index in [4.69, 9.17) is 5.73 Å². The SMILES string of the molecule is Cc1ccccc1Nc1ncc(N)cc1NC(=O)c1cc(F)cc(C(F)(F)F)c1. The highest BCUT2D eigenvalue weighted by atomic mass is 19.4. The topological polar surface area (TPSA) is 80.0 Å². The van der Waals surface area contributed by atoms with Crippen LogP contribution in [0.25, 0.3) is 0 Å². The molecule has 1 aromatic heterocycles. The predicted octanol–water partition coefficient (Wildman–Crippen LogP) is 5.13. The first-order valence-corrected chi connectivity index (χ1v) is 8.41. The Morgan fingerprint density at radius 1 is 1.07 bits per heavy atom. The Hall–Kier alpha value is -3.62. The van der Waals surface area contributed by atoms with Crippen LogP contribution in [0.1, 0.15) is 21.5 Å². The van der Waals surface area contributed by atoms with Crippen LogP contribution in [0.3, 0.4) is 0 Å². The largest absolute Gasteiger partial charge is 0.416 e. The summed E-state index contributed by atoms with van der Waals surface area (Å²) < 4.78 is 52.3. The van der Waals surface area contributed by atoms with Gasteiger partial charge in [-0.2, -0.15) is 13.2 Å². The van der Waals surface area contributed by atoms with Crippen molar-refractivity contribution in [1.82, 2.24) is 4.98 Å². The molecule has 0 aliphatic rings. The molecular weight excluding hydrogens is 388 g/mol. The number of nitrogens with one attached hydrogen (secondary N) is 2. The standard InChI is InChI=1S/C20H16F4N4O/c1-11-4-2-3-5-16(11)27-18-17(9-15(25)10-26-18)28-19(29)12-6-13(20(22,23)24)8-14(21)7-12/h2-10H,25H2,1H3,(H,26,27)(H,28,29). The summed E-state index contributed by atoms with van der Waals surface area (Å²) in [6.07, 6.45) is -3.42. The molecule has 0 spiro atoms. The number of aryl methyl sites for hydroxylation is 1. The average molecular weight is 404 g/mol. The van der Waals surface area contributed by atoms with E-state index in [9.17, 15) is 22.4 Å². The van der Waals surface area contributed by atoms with Gasteiger partial charge in [0.15, 0.2) is 5.82 Å². The van der Waals surface area contributed by atoms with Crippen LogP contribution in [0.2, 0.25) is 0 Å². The van der Waals surface area contributed by atoms with Gasteiger partial charge in [0.1, 0.15) is 5.82 Å². The van der Waals surface area contributed by atoms with Gasteiger partial charge < -0.3 is 16.4 Å². The first-order chi connectivity index (χ1) is 13.6. The molecule has 4 N–H and O–H groups in total. The van der Waals surface area contributed by atoms with Crippen molar-refractivity contribution in [3.63, 3.8) is 0 Å². The van der Waals surface area contributed by atoms with Gasteiger partial charge in [0.05, 0.1) is 23.1 Å². The van der Waals surface area contributed by atoms with Gasteiger partial charge in [-0.1, -0.05) is 18.2 Å². The lowest BCUT2D eigenvalue weighted by molar-refractivity contribution is -0.137. The van der Waals surface area contributed by atoms with Crippen LogP contribution in [0.15, 0.2) is 54.7 Å². The maximum absolute atomic E-state index is 13.6. The number of halogens is 4. The molecule has 0 aliphatic carbocycles. The third-order valence-corrected chi connectivity index (χ3v) is 4.04. The Balaban J connectivity index is 1.92. The van der Waals surface area contributed by atoms with Crippen LogP contribution in [-0.4, -0.2) is 10.9 Å². The van der Waals surface area contributed by atoms with E-state index in [2.05, 4.69) is 15.6 Å². The number of rotatable bonds is 4. The number of nitrogen functional groups attached to an aromatic ring is 1. The van der Waals surface area contributed by atoms with Crippen LogP contribution < -0.4 is 16.4 Å². The molecule has 3 rings (SSSR count). The lowest BCUT2D eigenvalue weighted by Gasteiger charge is -2.15. The van der Waals surface area contributed by atoms with Gasteiger partial charge >= 0.3 is 6.18 Å². The Labute approximate surface area is 163 Å². The zero-order chi connectivity index (χ0) is 21.2. The Bertz CT molecular complexity index is 1070. The van der Waals surface area contributed by atoms with Crippen molar-refractivity contribution >= 4 is 28.8 Å². The smallest absolute Gasteiger partial charge is 0.397 e. The number of benzene rings is 2. The highest BCUT2D eigenvalue weighted by Gasteiger charge is 2.32. The maximum atomic E-state index is 13.6. The number of nitrogens with zero attached hydrogens (tertiary/aromatic N) is 1. The normalized spacial score (nSPS) is 11.2. The number of alkyl halides is 3. The number of hydrogen-bond acceptors (Lipinski definition) is 4. The summed E-state index contributed by atoms with van der Waals surface area (Å²) in [6.45, 7) is 1.86. The number of pyridine rings is 1. The molecule has 0 unspecified atom stereocenters. The lowest BCUT2D eigenvalue weighted by Crippen LogP contribution is -2.16. The zero-order valence-corrected chi connectivity index (χ0v) is 15.1. The van der Waals surface area contributed by atoms with Gasteiger partial charge in [0.2, 0.25) is 0 Å². The fraction of sp³-hybridized carbons (Fsp3) is 0.100. The quantitative estimate of drug-likeness (QED) is 0.527. The van der Waals surface area contributed by atoms with Crippen LogP contribution in [0, 0.1) is 12.7 Å². The fourth-order valence-electron chi connectivity index (χ4n) is 2.60. The molecule has 29 heavy (non-hydrogen) atoms. The molecule has 0 saturated heterocycles. The number of anilines is 4. The first-order valence-electron chi connectivity index (χ1n) is 8.41. The molecule has 0 atom stereocenters. The monoisotopic (exact) mass is 404 g/mol. The van der Waals surface area contributed by atoms with E-state index in [0.717, 1.165) is 11.6 Å². The third kappa shape index (κ3) is 4.81. The van der Waals surface area contributed by atoms with E-state index in [1.807, 2.05) is 19.1 Å². The second-order valence-electron chi connectivity index (χ2n) is 6.29. The third-order valence-electron chi connectivity index (χ3n) is 4.04. The molecule has 0 radical (unpaired) electrons. The van der Waals surface area contributed by atoms with Gasteiger partial charge in [-0.05, 0) is 42.8 Å². The Kier molecular flexibility index (Phi) is 5.40. The summed E-state index contributed by atoms with van der Waals surface area (Å²) >= 11 is 0. The minimum absolute atomic E-state index is 0.135. The van der Waals surface area contributed by atoms with Crippen molar-refractivity contribution in [2.45, 2.75) is 13.1 Å². The molecule has 1 heterocycles. The lowest BCUT2D eigenvalue weighted by atomic mass is 10.1. The number of aromatic nitrogens is 1. The van der Waals surface area contributed by atoms with E-state index in [0.29, 0.717) is 17.8 Å². The molecule has 3 aromatic rings. The van der Waals surface area contributed by atoms with E-state index in [1.54, 1.807) is 12.1 Å². The van der Waals surface area contributed by atoms with Gasteiger partial charge in [0, 0.05) is 11.3 Å². The van der Waals surface area contributed by atoms with Crippen LogP contribution in [0.5, 0.6) is 0 Å². The van der Waals surface area contributed by atoms with Crippen molar-refractivity contribution < 1.29 is 22.4 Å². The summed E-state index contributed by atoms with van der Waals surface area (Å²) in [7, 11) is 0. The number of amides is 1. The summed E-state index contributed by atoms with van der Waals surface area (Å²) in [5.41, 5.74) is 5.96. The van der Waals surface area contributed by atoms with Crippen molar-refractivity contribution in [2.24, 2.45) is 0 Å². The molecule has 0 aliphatic heterocycles. The van der Waals surface area contributed by atoms with Crippen molar-refractivity contribution in [3.8, 4) is 0 Å². The Morgan fingerprint density at radius 3 is 2.48 bits per heavy atom. The maximum Gasteiger partial charge on any atom is 0.416 e. The highest BCUT2D eigenvalue weighted by Crippen LogP contribution is 2.31. The van der Waals surface area contributed by atoms with Crippen LogP contribution in [0.4, 0.5) is 40.4 Å². The number of hydrogen-bond donors (Lipinski definition) is 3. The second kappa shape index (κ2) is 7.78. The van der Waals surface area contributed by atoms with E-state index >= 15 is 0 Å². The minimum atomic E-state index is -4.78. The average Bonchev–Trinajstić information content (AvgIpc) is 2.64. The molecule has 9 heteroatoms. The first kappa shape index (κ1) is 20.1. The van der Waals surface area contributed by atoms with Crippen molar-refractivity contribution in [3.05, 3.63) is 77.2 Å². The summed E-state index contributed by atoms with van der Waals surface area (Å²) in [6, 6.07) is 10.3. The number of carbonyl (C=O) groups is 1. The summed E-state index contributed by atoms with van der Waals surface area (Å²) in [5.74, 6) is -1.88. The molecule has 1 amide bonds. The van der Waals surface area contributed by atoms with Gasteiger partial charge in [-0.25, -0.2) is 9.37 Å². The number of carbonyl (C=O) groups excluding carboxylic acids is 1. The minimum Gasteiger partial charge on any atom is -0.397 e. The molecular formula is C20H16F4N4O. The summed E-state index contributed by atoms with van der Waals surface area (Å²) in [4.78, 5) is 16.6. The molecule has 150 valence electrons. The molecule has 5 nitrogen and oxygen atoms in total. The van der Waals surface area contributed by atoms with Crippen LogP contribution >= 0.6 is 0 Å². The van der Waals surface area contributed by atoms with E-state index < -0.39 is 29.0 Å². The van der Waals surface area contributed by atoms with E-state index in [-0.39, 0.29) is 17.2 Å². The van der Waals surface area contributed by atoms with Gasteiger partial charge in [0.25, 0.3) is 5.91 Å². The van der Waals surface area contributed by atoms with Crippen molar-refractivity contribution in [1.29, 1.82) is 0 Å². The fourth-order valence-corrected chi connectivity index (χ4v) is 2.60. The molecule has 2 aromatic carbocycles. The highest BCUT2D eigenvalue weighted by molar-refractivity contribution is 6.06. The summed E-state index contributed by atoms with van der Waals surface area (Å²) in [5, 5.41) is 5.47. The molecule has 0 saturated carbocycles. The van der Waals surface area contributed by atoms with Crippen molar-refractivity contribution in [2.75, 3.05) is 16.4 Å². The zero-order valence-electron chi connectivity index (χ0n) is 15.1. The van der Waals surface area contributed by atoms with Gasteiger partial charge in [-0.3, -0.25) is 4.79 Å². The second-order valence-corrected chi connectivity index (χ2v) is 6.29. The van der Waals surface area contributed by atoms with Crippen LogP contribution in [-0.2, 0) is 6.18 Å². The number of nitrogens with two attached hydrogens (primary N) is 1. The molecule has 0 fully saturated rings.